The van der Waals surface area contributed by atoms with Gasteiger partial charge in [-0.05, 0) is 29.5 Å². The predicted octanol–water partition coefficient (Wildman–Crippen LogP) is 2.11. The van der Waals surface area contributed by atoms with Crippen molar-refractivity contribution in [1.82, 2.24) is 19.3 Å². The number of benzene rings is 1. The highest BCUT2D eigenvalue weighted by Gasteiger charge is 2.40. The van der Waals surface area contributed by atoms with Crippen LogP contribution >= 0.6 is 0 Å². The Labute approximate surface area is 154 Å². The van der Waals surface area contributed by atoms with Crippen molar-refractivity contribution < 1.29 is 13.2 Å². The number of ether oxygens (including phenoxy) is 1. The molecule has 7 nitrogen and oxygen atoms in total. The van der Waals surface area contributed by atoms with Crippen molar-refractivity contribution in [2.24, 2.45) is 0 Å². The molecule has 140 valence electrons. The molecule has 26 heavy (non-hydrogen) atoms. The van der Waals surface area contributed by atoms with Crippen molar-refractivity contribution >= 4 is 10.0 Å². The van der Waals surface area contributed by atoms with Crippen LogP contribution in [0.4, 0.5) is 0 Å². The second-order valence-corrected chi connectivity index (χ2v) is 9.95. The van der Waals surface area contributed by atoms with E-state index in [0.717, 1.165) is 11.3 Å². The van der Waals surface area contributed by atoms with Crippen LogP contribution in [0.1, 0.15) is 44.5 Å². The number of piperidine rings is 1. The SMILES string of the molecule is CC(C)(C)c1ccc(S(=O)(=O)N2CC[C@H]3[C@H](C2)OCc2cnnn23)cc1. The molecule has 1 saturated heterocycles. The van der Waals surface area contributed by atoms with Crippen LogP contribution < -0.4 is 0 Å². The Morgan fingerprint density at radius 2 is 1.92 bits per heavy atom. The molecule has 2 aromatic rings. The van der Waals surface area contributed by atoms with Gasteiger partial charge in [0, 0.05) is 13.1 Å². The van der Waals surface area contributed by atoms with Crippen LogP contribution in [-0.4, -0.2) is 46.9 Å². The highest BCUT2D eigenvalue weighted by molar-refractivity contribution is 7.89. The lowest BCUT2D eigenvalue weighted by molar-refractivity contribution is -0.0543. The van der Waals surface area contributed by atoms with Gasteiger partial charge in [0.25, 0.3) is 0 Å². The van der Waals surface area contributed by atoms with E-state index in [4.69, 9.17) is 4.74 Å². The topological polar surface area (TPSA) is 77.3 Å². The Bertz CT molecular complexity index is 899. The summed E-state index contributed by atoms with van der Waals surface area (Å²) in [5, 5.41) is 8.08. The standard InChI is InChI=1S/C18H24N4O3S/c1-18(2,3)13-4-6-15(7-5-13)26(23,24)21-9-8-16-17(11-21)25-12-14-10-19-20-22(14)16/h4-7,10,16-17H,8-9,11-12H2,1-3H3/t16-,17-/m0/s1. The maximum atomic E-state index is 13.1. The molecule has 0 N–H and O–H groups in total. The minimum atomic E-state index is -3.53. The van der Waals surface area contributed by atoms with Crippen LogP contribution in [0.25, 0.3) is 0 Å². The van der Waals surface area contributed by atoms with Gasteiger partial charge in [-0.3, -0.25) is 0 Å². The molecule has 2 aliphatic heterocycles. The van der Waals surface area contributed by atoms with Gasteiger partial charge in [0.15, 0.2) is 0 Å². The van der Waals surface area contributed by atoms with Gasteiger partial charge in [0.1, 0.15) is 0 Å². The molecule has 8 heteroatoms. The van der Waals surface area contributed by atoms with Crippen molar-refractivity contribution in [2.75, 3.05) is 13.1 Å². The summed E-state index contributed by atoms with van der Waals surface area (Å²) in [7, 11) is -3.53. The first-order valence-electron chi connectivity index (χ1n) is 8.88. The van der Waals surface area contributed by atoms with Crippen molar-refractivity contribution in [2.45, 2.75) is 56.3 Å². The molecule has 4 rings (SSSR count). The first kappa shape index (κ1) is 17.6. The van der Waals surface area contributed by atoms with Crippen LogP contribution in [0.3, 0.4) is 0 Å². The van der Waals surface area contributed by atoms with Crippen molar-refractivity contribution in [3.05, 3.63) is 41.7 Å². The van der Waals surface area contributed by atoms with E-state index < -0.39 is 10.0 Å². The monoisotopic (exact) mass is 376 g/mol. The van der Waals surface area contributed by atoms with E-state index in [1.165, 1.54) is 4.31 Å². The molecule has 2 atom stereocenters. The third-order valence-electron chi connectivity index (χ3n) is 5.25. The van der Waals surface area contributed by atoms with Crippen LogP contribution in [0.2, 0.25) is 0 Å². The van der Waals surface area contributed by atoms with E-state index in [0.29, 0.717) is 31.0 Å². The van der Waals surface area contributed by atoms with Crippen molar-refractivity contribution in [3.63, 3.8) is 0 Å². The van der Waals surface area contributed by atoms with Crippen molar-refractivity contribution in [1.29, 1.82) is 0 Å². The van der Waals surface area contributed by atoms with Gasteiger partial charge in [0.2, 0.25) is 10.0 Å². The number of sulfonamides is 1. The summed E-state index contributed by atoms with van der Waals surface area (Å²) >= 11 is 0. The molecule has 0 saturated carbocycles. The first-order valence-corrected chi connectivity index (χ1v) is 10.3. The highest BCUT2D eigenvalue weighted by Crippen LogP contribution is 2.33. The molecule has 0 spiro atoms. The van der Waals surface area contributed by atoms with Gasteiger partial charge >= 0.3 is 0 Å². The lowest BCUT2D eigenvalue weighted by atomic mass is 9.87. The summed E-state index contributed by atoms with van der Waals surface area (Å²) in [6.07, 6.45) is 2.18. The molecular formula is C18H24N4O3S. The quantitative estimate of drug-likeness (QED) is 0.802. The number of fused-ring (bicyclic) bond motifs is 3. The highest BCUT2D eigenvalue weighted by atomic mass is 32.2. The van der Waals surface area contributed by atoms with Gasteiger partial charge in [-0.1, -0.05) is 38.1 Å². The molecular weight excluding hydrogens is 352 g/mol. The fourth-order valence-electron chi connectivity index (χ4n) is 3.65. The smallest absolute Gasteiger partial charge is 0.243 e. The zero-order valence-electron chi connectivity index (χ0n) is 15.3. The zero-order chi connectivity index (χ0) is 18.5. The number of rotatable bonds is 2. The van der Waals surface area contributed by atoms with E-state index in [2.05, 4.69) is 31.1 Å². The molecule has 1 aromatic heterocycles. The van der Waals surface area contributed by atoms with Crippen molar-refractivity contribution in [3.8, 4) is 0 Å². The third-order valence-corrected chi connectivity index (χ3v) is 7.13. The maximum Gasteiger partial charge on any atom is 0.243 e. The number of hydrogen-bond donors (Lipinski definition) is 0. The predicted molar refractivity (Wildman–Crippen MR) is 96.2 cm³/mol. The summed E-state index contributed by atoms with van der Waals surface area (Å²) < 4.78 is 35.4. The summed E-state index contributed by atoms with van der Waals surface area (Å²) in [5.41, 5.74) is 2.05. The van der Waals surface area contributed by atoms with Gasteiger partial charge in [-0.15, -0.1) is 5.10 Å². The van der Waals surface area contributed by atoms with E-state index in [1.54, 1.807) is 18.3 Å². The minimum absolute atomic E-state index is 0.00786. The van der Waals surface area contributed by atoms with Crippen LogP contribution in [0, 0.1) is 0 Å². The third kappa shape index (κ3) is 2.95. The average molecular weight is 376 g/mol. The van der Waals surface area contributed by atoms with Crippen LogP contribution in [0.15, 0.2) is 35.4 Å². The normalized spacial score (nSPS) is 24.1. The molecule has 0 bridgehead atoms. The van der Waals surface area contributed by atoms with Gasteiger partial charge in [0.05, 0.1) is 35.5 Å². The summed E-state index contributed by atoms with van der Waals surface area (Å²) in [6.45, 7) is 7.54. The molecule has 0 radical (unpaired) electrons. The lowest BCUT2D eigenvalue weighted by Gasteiger charge is -2.40. The molecule has 3 heterocycles. The van der Waals surface area contributed by atoms with Crippen LogP contribution in [-0.2, 0) is 26.8 Å². The fourth-order valence-corrected chi connectivity index (χ4v) is 5.12. The Balaban J connectivity index is 1.55. The number of hydrogen-bond acceptors (Lipinski definition) is 5. The summed E-state index contributed by atoms with van der Waals surface area (Å²) in [4.78, 5) is 0.334. The molecule has 0 aliphatic carbocycles. The maximum absolute atomic E-state index is 13.1. The molecule has 2 aliphatic rings. The second kappa shape index (κ2) is 6.14. The molecule has 0 unspecified atom stereocenters. The van der Waals surface area contributed by atoms with E-state index in [9.17, 15) is 8.42 Å². The van der Waals surface area contributed by atoms with Gasteiger partial charge in [-0.25, -0.2) is 13.1 Å². The van der Waals surface area contributed by atoms with E-state index in [1.807, 2.05) is 16.8 Å². The van der Waals surface area contributed by atoms with E-state index in [-0.39, 0.29) is 17.6 Å². The number of aromatic nitrogens is 3. The van der Waals surface area contributed by atoms with E-state index >= 15 is 0 Å². The first-order chi connectivity index (χ1) is 12.3. The Kier molecular flexibility index (Phi) is 4.17. The largest absolute Gasteiger partial charge is 0.368 e. The molecule has 0 amide bonds. The Morgan fingerprint density at radius 3 is 2.62 bits per heavy atom. The Morgan fingerprint density at radius 1 is 1.19 bits per heavy atom. The molecule has 1 fully saturated rings. The van der Waals surface area contributed by atoms with Gasteiger partial charge in [-0.2, -0.15) is 4.31 Å². The van der Waals surface area contributed by atoms with Crippen LogP contribution in [0.5, 0.6) is 0 Å². The fraction of sp³-hybridized carbons (Fsp3) is 0.556. The number of nitrogens with zero attached hydrogens (tertiary/aromatic N) is 4. The summed E-state index contributed by atoms with van der Waals surface area (Å²) in [6, 6.07) is 7.27. The average Bonchev–Trinajstić information content (AvgIpc) is 3.09. The second-order valence-electron chi connectivity index (χ2n) is 8.01. The lowest BCUT2D eigenvalue weighted by Crippen LogP contribution is -2.50. The zero-order valence-corrected chi connectivity index (χ0v) is 16.1. The van der Waals surface area contributed by atoms with Gasteiger partial charge < -0.3 is 4.74 Å². The molecule has 1 aromatic carbocycles. The minimum Gasteiger partial charge on any atom is -0.368 e. The summed E-state index contributed by atoms with van der Waals surface area (Å²) in [5.74, 6) is 0. The Hall–Kier alpha value is -1.77.